The van der Waals surface area contributed by atoms with Crippen molar-refractivity contribution in [1.82, 2.24) is 0 Å². The normalized spacial score (nSPS) is 10.7. The van der Waals surface area contributed by atoms with E-state index in [1.54, 1.807) is 139 Å². The van der Waals surface area contributed by atoms with Crippen molar-refractivity contribution in [1.29, 1.82) is 0 Å². The fourth-order valence-electron chi connectivity index (χ4n) is 4.89. The largest absolute Gasteiger partial charge is 1.00 e. The van der Waals surface area contributed by atoms with E-state index in [9.17, 15) is 28.8 Å². The number of halogens is 1. The third-order valence-corrected chi connectivity index (χ3v) is 13.8. The number of carbonyl (C=O) groups excluding carboxylic acids is 6. The molecule has 0 aromatic heterocycles. The lowest BCUT2D eigenvalue weighted by Gasteiger charge is -2.38. The first kappa shape index (κ1) is 84.3. The molecular formula is C48H98BrN3O14S5. The van der Waals surface area contributed by atoms with Crippen molar-refractivity contribution >= 4 is 95.3 Å². The summed E-state index contributed by atoms with van der Waals surface area (Å²) in [5.74, 6) is 10.5. The molecular weight excluding hydrogens is 1080 g/mol. The number of nitrogens with zero attached hydrogens (tertiary/aromatic N) is 2. The van der Waals surface area contributed by atoms with E-state index in [0.717, 1.165) is 92.0 Å². The second kappa shape index (κ2) is 65.5. The summed E-state index contributed by atoms with van der Waals surface area (Å²) in [6, 6.07) is 0. The average Bonchev–Trinajstić information content (AvgIpc) is 3.29. The van der Waals surface area contributed by atoms with Gasteiger partial charge in [0.05, 0.1) is 63.3 Å². The Balaban J connectivity index is -0.000000139. The number of quaternary nitrogens is 1. The SMILES string of the molecule is CCC[N+](CCC)(CCOC)CCC(C)=O.COC/C(CCCC(C)=O)=N\N.COCCSSCC(C)=O.COCOC(C)(C)OCC(C)=O.COCSCCCC(C)=O.COCSSCCC(C)=O.[Br-]. The molecule has 0 rings (SSSR count). The first-order valence-corrected chi connectivity index (χ1v) is 29.6. The van der Waals surface area contributed by atoms with Gasteiger partial charge in [0.25, 0.3) is 0 Å². The molecule has 0 atom stereocenters. The first-order chi connectivity index (χ1) is 33.1. The molecule has 23 heteroatoms. The van der Waals surface area contributed by atoms with Gasteiger partial charge in [-0.05, 0) is 93.2 Å². The Labute approximate surface area is 461 Å². The number of ketones is 6. The fraction of sp³-hybridized carbons (Fsp3) is 0.854. The van der Waals surface area contributed by atoms with Crippen LogP contribution in [0.25, 0.3) is 0 Å². The van der Waals surface area contributed by atoms with Gasteiger partial charge >= 0.3 is 0 Å². The van der Waals surface area contributed by atoms with E-state index in [4.69, 9.17) is 43.7 Å². The van der Waals surface area contributed by atoms with Crippen LogP contribution in [0, 0.1) is 0 Å². The summed E-state index contributed by atoms with van der Waals surface area (Å²) in [5, 5.41) is 3.55. The molecule has 0 radical (unpaired) electrons. The van der Waals surface area contributed by atoms with Gasteiger partial charge in [-0.1, -0.05) is 57.0 Å². The number of ether oxygens (including phenoxy) is 8. The van der Waals surface area contributed by atoms with Crippen LogP contribution in [-0.2, 0) is 66.7 Å². The van der Waals surface area contributed by atoms with Crippen LogP contribution >= 0.6 is 54.9 Å². The monoisotopic (exact) mass is 1180 g/mol. The minimum absolute atomic E-state index is 0. The second-order valence-corrected chi connectivity index (χ2v) is 22.2. The summed E-state index contributed by atoms with van der Waals surface area (Å²) in [7, 11) is 16.5. The molecule has 426 valence electrons. The zero-order valence-electron chi connectivity index (χ0n) is 46.6. The molecule has 0 aliphatic heterocycles. The lowest BCUT2D eigenvalue weighted by molar-refractivity contribution is -0.928. The van der Waals surface area contributed by atoms with Crippen molar-refractivity contribution < 1.29 is 88.1 Å². The zero-order chi connectivity index (χ0) is 54.9. The molecule has 0 aliphatic rings. The summed E-state index contributed by atoms with van der Waals surface area (Å²) < 4.78 is 40.5. The van der Waals surface area contributed by atoms with Crippen LogP contribution in [0.3, 0.4) is 0 Å². The van der Waals surface area contributed by atoms with E-state index in [1.165, 1.54) is 26.9 Å². The smallest absolute Gasteiger partial charge is 0.166 e. The number of rotatable bonds is 40. The van der Waals surface area contributed by atoms with Crippen LogP contribution in [0.5, 0.6) is 0 Å². The summed E-state index contributed by atoms with van der Waals surface area (Å²) in [5.41, 5.74) is 0.804. The quantitative estimate of drug-likeness (QED) is 0.0138. The third-order valence-electron chi connectivity index (χ3n) is 8.26. The highest BCUT2D eigenvalue weighted by atomic mass is 79.9. The minimum atomic E-state index is -0.762. The first-order valence-electron chi connectivity index (χ1n) is 23.4. The van der Waals surface area contributed by atoms with E-state index in [1.807, 2.05) is 0 Å². The number of nitrogens with two attached hydrogens (primary N) is 1. The number of hydrogen-bond donors (Lipinski definition) is 1. The molecule has 17 nitrogen and oxygen atoms in total. The Morgan fingerprint density at radius 1 is 0.507 bits per heavy atom. The maximum atomic E-state index is 11.1. The van der Waals surface area contributed by atoms with Gasteiger partial charge in [0.2, 0.25) is 0 Å². The molecule has 0 aliphatic carbocycles. The van der Waals surface area contributed by atoms with Crippen molar-refractivity contribution in [2.75, 3.05) is 137 Å². The van der Waals surface area contributed by atoms with Crippen LogP contribution in [0.2, 0.25) is 0 Å². The second-order valence-electron chi connectivity index (χ2n) is 16.0. The molecule has 0 unspecified atom stereocenters. The van der Waals surface area contributed by atoms with Gasteiger partial charge in [-0.3, -0.25) is 19.2 Å². The molecule has 0 aromatic rings. The number of hydrogen-bond acceptors (Lipinski definition) is 21. The van der Waals surface area contributed by atoms with Crippen molar-refractivity contribution in [2.24, 2.45) is 10.9 Å². The van der Waals surface area contributed by atoms with Crippen LogP contribution in [0.4, 0.5) is 0 Å². The number of carbonyl (C=O) groups is 6. The lowest BCUT2D eigenvalue weighted by atomic mass is 10.1. The van der Waals surface area contributed by atoms with Crippen LogP contribution in [0.15, 0.2) is 5.10 Å². The van der Waals surface area contributed by atoms with Gasteiger partial charge in [-0.15, -0.1) is 11.8 Å². The molecule has 0 amide bonds. The highest BCUT2D eigenvalue weighted by molar-refractivity contribution is 8.77. The lowest BCUT2D eigenvalue weighted by Crippen LogP contribution is -3.00. The van der Waals surface area contributed by atoms with E-state index >= 15 is 0 Å². The summed E-state index contributed by atoms with van der Waals surface area (Å²) in [6.07, 6.45) is 7.51. The van der Waals surface area contributed by atoms with Gasteiger partial charge in [0.15, 0.2) is 11.6 Å². The Bertz CT molecular complexity index is 1220. The molecule has 71 heavy (non-hydrogen) atoms. The van der Waals surface area contributed by atoms with E-state index in [2.05, 4.69) is 18.9 Å². The molecule has 0 heterocycles. The summed E-state index contributed by atoms with van der Waals surface area (Å²) >= 11 is 1.72. The number of Topliss-reactive ketones (excluding diaryl/α,β-unsaturated/α-hetero) is 6. The third kappa shape index (κ3) is 83.6. The maximum Gasteiger partial charge on any atom is 0.166 e. The number of hydrazone groups is 1. The van der Waals surface area contributed by atoms with Gasteiger partial charge < -0.3 is 74.8 Å². The Morgan fingerprint density at radius 2 is 1.04 bits per heavy atom. The van der Waals surface area contributed by atoms with Crippen molar-refractivity contribution in [3.63, 3.8) is 0 Å². The van der Waals surface area contributed by atoms with E-state index in [0.29, 0.717) is 49.8 Å². The highest BCUT2D eigenvalue weighted by Crippen LogP contribution is 2.21. The molecule has 2 N–H and O–H groups in total. The Morgan fingerprint density at radius 3 is 1.48 bits per heavy atom. The van der Waals surface area contributed by atoms with Crippen LogP contribution < -0.4 is 22.8 Å². The summed E-state index contributed by atoms with van der Waals surface area (Å²) in [4.78, 5) is 63.5. The fourth-order valence-corrected chi connectivity index (χ4v) is 9.18. The molecule has 0 saturated carbocycles. The van der Waals surface area contributed by atoms with E-state index in [-0.39, 0.29) is 59.3 Å². The maximum absolute atomic E-state index is 11.1. The molecule has 0 saturated heterocycles. The van der Waals surface area contributed by atoms with Gasteiger partial charge in [-0.2, -0.15) is 5.10 Å². The van der Waals surface area contributed by atoms with Gasteiger partial charge in [0.1, 0.15) is 54.8 Å². The highest BCUT2D eigenvalue weighted by Gasteiger charge is 2.25. The Hall–Kier alpha value is -0.640. The van der Waals surface area contributed by atoms with Gasteiger partial charge in [-0.25, -0.2) is 0 Å². The van der Waals surface area contributed by atoms with Crippen molar-refractivity contribution in [3.05, 3.63) is 0 Å². The van der Waals surface area contributed by atoms with Gasteiger partial charge in [0, 0.05) is 73.4 Å². The number of thioether (sulfide) groups is 1. The molecule has 0 aromatic carbocycles. The summed E-state index contributed by atoms with van der Waals surface area (Å²) in [6.45, 7) is 24.0. The minimum Gasteiger partial charge on any atom is -1.00 e. The van der Waals surface area contributed by atoms with E-state index < -0.39 is 5.79 Å². The zero-order valence-corrected chi connectivity index (χ0v) is 52.2. The number of methoxy groups -OCH3 is 6. The van der Waals surface area contributed by atoms with Crippen LogP contribution in [0.1, 0.15) is 127 Å². The predicted octanol–water partition coefficient (Wildman–Crippen LogP) is 6.15. The van der Waals surface area contributed by atoms with Crippen molar-refractivity contribution in [2.45, 2.75) is 133 Å². The molecule has 0 bridgehead atoms. The van der Waals surface area contributed by atoms with Crippen LogP contribution in [-0.4, -0.2) is 188 Å². The predicted molar refractivity (Wildman–Crippen MR) is 298 cm³/mol. The van der Waals surface area contributed by atoms with Crippen molar-refractivity contribution in [3.8, 4) is 0 Å². The average molecular weight is 1180 g/mol. The Kier molecular flexibility index (Phi) is 77.8. The standard InChI is InChI=1S/C13H28NO2.C8H16N2O2.C8H16O4.C7H14O2S.2C6H12O2S2.BrH/c1-5-8-14(9-6-2,11-12-16-4)10-7-13(3)15;1-7(11)4-3-5-8(10-9)6-12-2;1-7(9)5-11-8(2,3)12-6-10-4;1-7(8)4-3-5-10-6-9-2;1-6(7)5-10-9-4-3-8-2;1-6(7)3-4-9-10-5-8-2;/h5-12H2,1-4H3;3-6,9H2,1-2H3;5-6H2,1-4H3;3-6H2,1-2H3;2*3-5H2,1-2H3;1H/q+1;;;;;;/p-1/b;10-8-;;;;;. The molecule has 0 spiro atoms. The molecule has 0 fully saturated rings. The topological polar surface area (TPSA) is 215 Å².